The summed E-state index contributed by atoms with van der Waals surface area (Å²) in [6.45, 7) is 0. The van der Waals surface area contributed by atoms with Crippen molar-refractivity contribution >= 4 is 28.2 Å². The van der Waals surface area contributed by atoms with E-state index in [9.17, 15) is 4.79 Å². The van der Waals surface area contributed by atoms with Gasteiger partial charge < -0.3 is 9.52 Å². The molecule has 6 heteroatoms. The van der Waals surface area contributed by atoms with E-state index in [1.54, 1.807) is 6.20 Å². The third-order valence-corrected chi connectivity index (χ3v) is 4.33. The fourth-order valence-electron chi connectivity index (χ4n) is 2.57. The molecule has 0 aliphatic carbocycles. The maximum Gasteiger partial charge on any atom is 0.309 e. The van der Waals surface area contributed by atoms with Crippen molar-refractivity contribution in [2.75, 3.05) is 0 Å². The molecular weight excluding hydrogens is 324 g/mol. The Balaban J connectivity index is 1.83. The average molecular weight is 336 g/mol. The fourth-order valence-corrected chi connectivity index (χ4v) is 3.20. The lowest BCUT2D eigenvalue weighted by Gasteiger charge is -1.99. The highest BCUT2D eigenvalue weighted by Crippen LogP contribution is 2.32. The molecular formula is C18H12N2O3S. The van der Waals surface area contributed by atoms with Crippen molar-refractivity contribution in [1.29, 1.82) is 0 Å². The molecule has 0 aliphatic rings. The van der Waals surface area contributed by atoms with Gasteiger partial charge in [0.15, 0.2) is 5.76 Å². The van der Waals surface area contributed by atoms with Crippen LogP contribution in [0.25, 0.3) is 33.7 Å². The van der Waals surface area contributed by atoms with Crippen molar-refractivity contribution in [2.24, 2.45) is 0 Å². The zero-order valence-corrected chi connectivity index (χ0v) is 13.3. The highest BCUT2D eigenvalue weighted by Gasteiger charge is 2.19. The van der Waals surface area contributed by atoms with Crippen LogP contribution in [0.4, 0.5) is 0 Å². The SMILES string of the molecule is O=C(O)Cc1nc(-c2ccc3ncccc3c2)oc1-c1ccsc1. The van der Waals surface area contributed by atoms with Gasteiger partial charge in [0.1, 0.15) is 0 Å². The lowest BCUT2D eigenvalue weighted by molar-refractivity contribution is -0.136. The molecule has 3 heterocycles. The number of thiophene rings is 1. The summed E-state index contributed by atoms with van der Waals surface area (Å²) in [5.74, 6) is -0.00724. The van der Waals surface area contributed by atoms with Crippen LogP contribution in [0.15, 0.2) is 57.8 Å². The largest absolute Gasteiger partial charge is 0.481 e. The van der Waals surface area contributed by atoms with Crippen molar-refractivity contribution in [3.8, 4) is 22.8 Å². The zero-order valence-electron chi connectivity index (χ0n) is 12.5. The average Bonchev–Trinajstić information content (AvgIpc) is 3.23. The molecule has 118 valence electrons. The van der Waals surface area contributed by atoms with Crippen LogP contribution < -0.4 is 0 Å². The quantitative estimate of drug-likeness (QED) is 0.603. The zero-order chi connectivity index (χ0) is 16.5. The lowest BCUT2D eigenvalue weighted by atomic mass is 10.1. The highest BCUT2D eigenvalue weighted by molar-refractivity contribution is 7.08. The molecule has 5 nitrogen and oxygen atoms in total. The first-order valence-corrected chi connectivity index (χ1v) is 8.24. The summed E-state index contributed by atoms with van der Waals surface area (Å²) in [7, 11) is 0. The minimum Gasteiger partial charge on any atom is -0.481 e. The predicted octanol–water partition coefficient (Wildman–Crippen LogP) is 4.25. The number of carboxylic acid groups (broad SMARTS) is 1. The second-order valence-electron chi connectivity index (χ2n) is 5.29. The number of fused-ring (bicyclic) bond motifs is 1. The molecule has 0 atom stereocenters. The molecule has 0 fully saturated rings. The maximum atomic E-state index is 11.1. The molecule has 0 amide bonds. The molecule has 4 rings (SSSR count). The van der Waals surface area contributed by atoms with E-state index in [0.717, 1.165) is 22.0 Å². The van der Waals surface area contributed by atoms with Crippen LogP contribution >= 0.6 is 11.3 Å². The lowest BCUT2D eigenvalue weighted by Crippen LogP contribution is -2.01. The van der Waals surface area contributed by atoms with E-state index in [1.807, 2.05) is 47.2 Å². The minimum atomic E-state index is -0.936. The Kier molecular flexibility index (Phi) is 3.59. The van der Waals surface area contributed by atoms with Crippen LogP contribution in [-0.2, 0) is 11.2 Å². The molecule has 0 aliphatic heterocycles. The van der Waals surface area contributed by atoms with E-state index >= 15 is 0 Å². The number of rotatable bonds is 4. The van der Waals surface area contributed by atoms with Crippen LogP contribution in [0.5, 0.6) is 0 Å². The third kappa shape index (κ3) is 2.68. The molecule has 0 bridgehead atoms. The van der Waals surface area contributed by atoms with Crippen LogP contribution in [0.3, 0.4) is 0 Å². The topological polar surface area (TPSA) is 76.2 Å². The molecule has 24 heavy (non-hydrogen) atoms. The Bertz CT molecular complexity index is 1020. The number of hydrogen-bond donors (Lipinski definition) is 1. The summed E-state index contributed by atoms with van der Waals surface area (Å²) < 4.78 is 5.91. The van der Waals surface area contributed by atoms with Gasteiger partial charge in [-0.2, -0.15) is 11.3 Å². The monoisotopic (exact) mass is 336 g/mol. The Morgan fingerprint density at radius 2 is 2.12 bits per heavy atom. The first kappa shape index (κ1) is 14.6. The predicted molar refractivity (Wildman–Crippen MR) is 91.9 cm³/mol. The Morgan fingerprint density at radius 3 is 2.92 bits per heavy atom. The second kappa shape index (κ2) is 5.90. The second-order valence-corrected chi connectivity index (χ2v) is 6.07. The van der Waals surface area contributed by atoms with Crippen LogP contribution in [0, 0.1) is 0 Å². The van der Waals surface area contributed by atoms with Gasteiger partial charge >= 0.3 is 5.97 Å². The van der Waals surface area contributed by atoms with Gasteiger partial charge in [-0.3, -0.25) is 9.78 Å². The molecule has 0 spiro atoms. The van der Waals surface area contributed by atoms with Crippen molar-refractivity contribution in [2.45, 2.75) is 6.42 Å². The van der Waals surface area contributed by atoms with Gasteiger partial charge in [-0.15, -0.1) is 0 Å². The molecule has 4 aromatic rings. The van der Waals surface area contributed by atoms with Gasteiger partial charge in [0.25, 0.3) is 0 Å². The Labute approximate surface area is 141 Å². The van der Waals surface area contributed by atoms with Gasteiger partial charge in [-0.25, -0.2) is 4.98 Å². The van der Waals surface area contributed by atoms with E-state index < -0.39 is 5.97 Å². The van der Waals surface area contributed by atoms with Crippen molar-refractivity contribution in [3.63, 3.8) is 0 Å². The summed E-state index contributed by atoms with van der Waals surface area (Å²) in [5, 5.41) is 13.9. The number of nitrogens with zero attached hydrogens (tertiary/aromatic N) is 2. The number of hydrogen-bond acceptors (Lipinski definition) is 5. The maximum absolute atomic E-state index is 11.1. The van der Waals surface area contributed by atoms with Gasteiger partial charge in [0, 0.05) is 28.1 Å². The van der Waals surface area contributed by atoms with Crippen molar-refractivity contribution in [3.05, 3.63) is 59.0 Å². The Hall–Kier alpha value is -2.99. The summed E-state index contributed by atoms with van der Waals surface area (Å²) in [4.78, 5) is 19.8. The number of carboxylic acids is 1. The van der Waals surface area contributed by atoms with Gasteiger partial charge in [0.2, 0.25) is 5.89 Å². The first-order chi connectivity index (χ1) is 11.7. The number of oxazole rings is 1. The molecule has 0 saturated heterocycles. The smallest absolute Gasteiger partial charge is 0.309 e. The minimum absolute atomic E-state index is 0.177. The molecule has 0 saturated carbocycles. The standard InChI is InChI=1S/C18H12N2O3S/c21-16(22)9-15-17(13-5-7-24-10-13)23-18(20-15)12-3-4-14-11(8-12)2-1-6-19-14/h1-8,10H,9H2,(H,21,22). The van der Waals surface area contributed by atoms with Gasteiger partial charge in [0.05, 0.1) is 17.6 Å². The molecule has 3 aromatic heterocycles. The van der Waals surface area contributed by atoms with E-state index in [2.05, 4.69) is 9.97 Å². The number of carbonyl (C=O) groups is 1. The third-order valence-electron chi connectivity index (χ3n) is 3.65. The number of aromatic nitrogens is 2. The fraction of sp³-hybridized carbons (Fsp3) is 0.0556. The summed E-state index contributed by atoms with van der Waals surface area (Å²) in [5.41, 5.74) is 2.96. The normalized spacial score (nSPS) is 11.0. The summed E-state index contributed by atoms with van der Waals surface area (Å²) >= 11 is 1.53. The molecule has 0 unspecified atom stereocenters. The van der Waals surface area contributed by atoms with Crippen LogP contribution in [-0.4, -0.2) is 21.0 Å². The van der Waals surface area contributed by atoms with E-state index in [0.29, 0.717) is 17.3 Å². The number of pyridine rings is 1. The summed E-state index contributed by atoms with van der Waals surface area (Å²) in [6, 6.07) is 11.4. The van der Waals surface area contributed by atoms with E-state index in [1.165, 1.54) is 11.3 Å². The van der Waals surface area contributed by atoms with Crippen molar-refractivity contribution < 1.29 is 14.3 Å². The van der Waals surface area contributed by atoms with Crippen LogP contribution in [0.1, 0.15) is 5.69 Å². The van der Waals surface area contributed by atoms with Crippen LogP contribution in [0.2, 0.25) is 0 Å². The molecule has 0 radical (unpaired) electrons. The Morgan fingerprint density at radius 1 is 1.21 bits per heavy atom. The van der Waals surface area contributed by atoms with E-state index in [-0.39, 0.29) is 6.42 Å². The number of aliphatic carboxylic acids is 1. The highest BCUT2D eigenvalue weighted by atomic mass is 32.1. The van der Waals surface area contributed by atoms with Crippen molar-refractivity contribution in [1.82, 2.24) is 9.97 Å². The first-order valence-electron chi connectivity index (χ1n) is 7.30. The van der Waals surface area contributed by atoms with E-state index in [4.69, 9.17) is 9.52 Å². The molecule has 1 N–H and O–H groups in total. The molecule has 1 aromatic carbocycles. The van der Waals surface area contributed by atoms with Gasteiger partial charge in [-0.05, 0) is 35.7 Å². The number of benzene rings is 1. The summed E-state index contributed by atoms with van der Waals surface area (Å²) in [6.07, 6.45) is 1.57. The van der Waals surface area contributed by atoms with Gasteiger partial charge in [-0.1, -0.05) is 6.07 Å².